The second-order valence-corrected chi connectivity index (χ2v) is 6.63. The molecule has 0 radical (unpaired) electrons. The number of benzene rings is 2. The average Bonchev–Trinajstić information content (AvgIpc) is 2.71. The minimum absolute atomic E-state index is 0.354. The van der Waals surface area contributed by atoms with E-state index < -0.39 is 19.4 Å². The third-order valence-corrected chi connectivity index (χ3v) is 4.15. The van der Waals surface area contributed by atoms with Crippen LogP contribution in [0.2, 0.25) is 0 Å². The second kappa shape index (κ2) is 5.18. The van der Waals surface area contributed by atoms with E-state index in [0.29, 0.717) is 22.4 Å². The summed E-state index contributed by atoms with van der Waals surface area (Å²) in [5.41, 5.74) is 1.52. The molecule has 0 aromatic heterocycles. The van der Waals surface area contributed by atoms with Crippen molar-refractivity contribution in [1.82, 2.24) is 0 Å². The number of carbonyl (C=O) groups is 2. The van der Waals surface area contributed by atoms with Crippen molar-refractivity contribution < 1.29 is 23.9 Å². The van der Waals surface area contributed by atoms with Crippen LogP contribution >= 0.6 is 7.60 Å². The highest BCUT2D eigenvalue weighted by Crippen LogP contribution is 2.39. The number of carbonyl (C=O) groups excluding carboxylic acids is 2. The number of hydrogen-bond donors (Lipinski definition) is 2. The van der Waals surface area contributed by atoms with Gasteiger partial charge in [-0.15, -0.1) is 0 Å². The molecule has 6 nitrogen and oxygen atoms in total. The maximum absolute atomic E-state index is 12.3. The van der Waals surface area contributed by atoms with E-state index in [-0.39, 0.29) is 6.16 Å². The van der Waals surface area contributed by atoms with Crippen molar-refractivity contribution in [2.75, 3.05) is 4.90 Å². The lowest BCUT2D eigenvalue weighted by atomic mass is 10.1. The Kier molecular flexibility index (Phi) is 3.45. The van der Waals surface area contributed by atoms with Crippen molar-refractivity contribution in [1.29, 1.82) is 0 Å². The Balaban J connectivity index is 1.92. The molecule has 112 valence electrons. The average molecular weight is 317 g/mol. The minimum atomic E-state index is -4.15. The van der Waals surface area contributed by atoms with Crippen molar-refractivity contribution in [3.8, 4) is 0 Å². The van der Waals surface area contributed by atoms with Gasteiger partial charge in [-0.05, 0) is 29.8 Å². The monoisotopic (exact) mass is 317 g/mol. The van der Waals surface area contributed by atoms with Crippen LogP contribution in [0.4, 0.5) is 5.69 Å². The number of anilines is 1. The van der Waals surface area contributed by atoms with Crippen LogP contribution in [0.1, 0.15) is 26.3 Å². The molecule has 0 bridgehead atoms. The Bertz CT molecular complexity index is 774. The molecule has 7 heteroatoms. The predicted octanol–water partition coefficient (Wildman–Crippen LogP) is 2.16. The van der Waals surface area contributed by atoms with Crippen LogP contribution in [-0.2, 0) is 10.7 Å². The number of fused-ring (bicyclic) bond motifs is 1. The standard InChI is InChI=1S/C15H12NO5P/c17-14-12-3-1-2-4-13(12)15(18)16(14)11-7-5-10(6-8-11)9-22(19,20)21/h1-8H,9H2,(H2,19,20,21). The topological polar surface area (TPSA) is 94.9 Å². The second-order valence-electron chi connectivity index (χ2n) is 4.98. The van der Waals surface area contributed by atoms with Gasteiger partial charge in [-0.25, -0.2) is 4.90 Å². The van der Waals surface area contributed by atoms with Crippen LogP contribution in [-0.4, -0.2) is 21.6 Å². The normalized spacial score (nSPS) is 14.4. The van der Waals surface area contributed by atoms with Gasteiger partial charge >= 0.3 is 7.60 Å². The lowest BCUT2D eigenvalue weighted by molar-refractivity contribution is 0.0926. The van der Waals surface area contributed by atoms with Gasteiger partial charge in [0, 0.05) is 0 Å². The highest BCUT2D eigenvalue weighted by atomic mass is 31.2. The van der Waals surface area contributed by atoms with Gasteiger partial charge in [-0.3, -0.25) is 14.2 Å². The van der Waals surface area contributed by atoms with Crippen molar-refractivity contribution in [3.63, 3.8) is 0 Å². The summed E-state index contributed by atoms with van der Waals surface area (Å²) in [6.07, 6.45) is -0.380. The smallest absolute Gasteiger partial charge is 0.324 e. The molecule has 2 amide bonds. The minimum Gasteiger partial charge on any atom is -0.324 e. The summed E-state index contributed by atoms with van der Waals surface area (Å²) in [4.78, 5) is 43.6. The number of imide groups is 1. The van der Waals surface area contributed by atoms with Crippen molar-refractivity contribution in [3.05, 3.63) is 65.2 Å². The molecule has 3 rings (SSSR count). The first-order chi connectivity index (χ1) is 10.4. The maximum Gasteiger partial charge on any atom is 0.329 e. The highest BCUT2D eigenvalue weighted by Gasteiger charge is 2.36. The first kappa shape index (κ1) is 14.7. The molecule has 0 atom stereocenters. The molecule has 22 heavy (non-hydrogen) atoms. The molecule has 0 saturated heterocycles. The predicted molar refractivity (Wildman–Crippen MR) is 79.8 cm³/mol. The molecule has 0 spiro atoms. The van der Waals surface area contributed by atoms with Gasteiger partial charge in [-0.2, -0.15) is 0 Å². The van der Waals surface area contributed by atoms with E-state index in [1.54, 1.807) is 24.3 Å². The number of rotatable bonds is 3. The third-order valence-electron chi connectivity index (χ3n) is 3.38. The van der Waals surface area contributed by atoms with Gasteiger partial charge in [0.05, 0.1) is 23.0 Å². The van der Waals surface area contributed by atoms with E-state index in [2.05, 4.69) is 0 Å². The van der Waals surface area contributed by atoms with E-state index in [1.807, 2.05) is 0 Å². The van der Waals surface area contributed by atoms with Crippen LogP contribution < -0.4 is 4.90 Å². The Morgan fingerprint density at radius 3 is 1.82 bits per heavy atom. The lowest BCUT2D eigenvalue weighted by Crippen LogP contribution is -2.29. The number of nitrogens with zero attached hydrogens (tertiary/aromatic N) is 1. The number of hydrogen-bond acceptors (Lipinski definition) is 3. The van der Waals surface area contributed by atoms with E-state index in [0.717, 1.165) is 4.90 Å². The molecule has 0 saturated carbocycles. The van der Waals surface area contributed by atoms with E-state index in [4.69, 9.17) is 9.79 Å². The van der Waals surface area contributed by atoms with E-state index in [1.165, 1.54) is 24.3 Å². The van der Waals surface area contributed by atoms with Gasteiger partial charge in [0.25, 0.3) is 11.8 Å². The molecular formula is C15H12NO5P. The molecule has 2 aromatic rings. The summed E-state index contributed by atoms with van der Waals surface area (Å²) in [6.45, 7) is 0. The molecule has 2 N–H and O–H groups in total. The zero-order chi connectivity index (χ0) is 15.9. The Morgan fingerprint density at radius 1 is 0.864 bits per heavy atom. The van der Waals surface area contributed by atoms with Crippen LogP contribution in [0, 0.1) is 0 Å². The summed E-state index contributed by atoms with van der Waals surface area (Å²) >= 11 is 0. The van der Waals surface area contributed by atoms with Crippen LogP contribution in [0.25, 0.3) is 0 Å². The van der Waals surface area contributed by atoms with Crippen LogP contribution in [0.5, 0.6) is 0 Å². The fourth-order valence-corrected chi connectivity index (χ4v) is 3.10. The van der Waals surface area contributed by atoms with Crippen molar-refractivity contribution >= 4 is 25.1 Å². The molecular weight excluding hydrogens is 305 g/mol. The summed E-state index contributed by atoms with van der Waals surface area (Å²) in [5, 5.41) is 0. The zero-order valence-corrected chi connectivity index (χ0v) is 12.2. The summed E-state index contributed by atoms with van der Waals surface area (Å²) in [7, 11) is -4.15. The molecule has 0 fully saturated rings. The van der Waals surface area contributed by atoms with Crippen molar-refractivity contribution in [2.45, 2.75) is 6.16 Å². The summed E-state index contributed by atoms with van der Waals surface area (Å²) in [5.74, 6) is -0.799. The molecule has 1 aliphatic heterocycles. The SMILES string of the molecule is O=C1c2ccccc2C(=O)N1c1ccc(CP(=O)(O)O)cc1. The molecule has 0 aliphatic carbocycles. The highest BCUT2D eigenvalue weighted by molar-refractivity contribution is 7.50. The largest absolute Gasteiger partial charge is 0.329 e. The van der Waals surface area contributed by atoms with E-state index in [9.17, 15) is 14.2 Å². The maximum atomic E-state index is 12.3. The molecule has 1 aliphatic rings. The third kappa shape index (κ3) is 2.60. The van der Waals surface area contributed by atoms with E-state index >= 15 is 0 Å². The Morgan fingerprint density at radius 2 is 1.36 bits per heavy atom. The summed E-state index contributed by atoms with van der Waals surface area (Å²) in [6, 6.07) is 12.6. The number of amides is 2. The lowest BCUT2D eigenvalue weighted by Gasteiger charge is -2.14. The van der Waals surface area contributed by atoms with Gasteiger partial charge in [-0.1, -0.05) is 24.3 Å². The molecule has 2 aromatic carbocycles. The Hall–Kier alpha value is -2.27. The fourth-order valence-electron chi connectivity index (χ4n) is 2.41. The fraction of sp³-hybridized carbons (Fsp3) is 0.0667. The summed E-state index contributed by atoms with van der Waals surface area (Å²) < 4.78 is 11.0. The van der Waals surface area contributed by atoms with Gasteiger partial charge in [0.2, 0.25) is 0 Å². The molecule has 1 heterocycles. The first-order valence-electron chi connectivity index (χ1n) is 6.48. The van der Waals surface area contributed by atoms with Crippen molar-refractivity contribution in [2.24, 2.45) is 0 Å². The van der Waals surface area contributed by atoms with Gasteiger partial charge in [0.1, 0.15) is 0 Å². The quantitative estimate of drug-likeness (QED) is 0.668. The van der Waals surface area contributed by atoms with Gasteiger partial charge in [0.15, 0.2) is 0 Å². The Labute approximate surface area is 126 Å². The first-order valence-corrected chi connectivity index (χ1v) is 8.28. The van der Waals surface area contributed by atoms with Gasteiger partial charge < -0.3 is 9.79 Å². The zero-order valence-electron chi connectivity index (χ0n) is 11.3. The van der Waals surface area contributed by atoms with Crippen LogP contribution in [0.3, 0.4) is 0 Å². The van der Waals surface area contributed by atoms with Crippen LogP contribution in [0.15, 0.2) is 48.5 Å². The molecule has 0 unspecified atom stereocenters.